The molecule has 196 valence electrons. The van der Waals surface area contributed by atoms with Gasteiger partial charge in [0.15, 0.2) is 5.82 Å². The molecule has 0 aliphatic carbocycles. The molecule has 0 atom stereocenters. The van der Waals surface area contributed by atoms with Crippen molar-refractivity contribution < 1.29 is 9.90 Å². The van der Waals surface area contributed by atoms with Crippen LogP contribution in [0.2, 0.25) is 0 Å². The van der Waals surface area contributed by atoms with Crippen molar-refractivity contribution in [2.45, 2.75) is 38.5 Å². The van der Waals surface area contributed by atoms with Crippen molar-refractivity contribution in [2.75, 3.05) is 52.2 Å². The standard InChI is InChI=1S/C27H35N7O2S/c35-17-18-37-32-21-6-7-22-24(19-21)33-15-10-20(11-16-33)5-2-1-3-12-28-26-23(34-14-4-13-29-34)8-9-25(30-26)31-27(22)36/h4,6-9,13-14,19-20,32,35H,1-3,5,10-12,15-18H2,(H2,28,30,31,36). The summed E-state index contributed by atoms with van der Waals surface area (Å²) in [5, 5.41) is 20.0. The zero-order valence-corrected chi connectivity index (χ0v) is 21.8. The summed E-state index contributed by atoms with van der Waals surface area (Å²) < 4.78 is 5.07. The number of amides is 1. The van der Waals surface area contributed by atoms with Crippen LogP contribution in [-0.2, 0) is 0 Å². The average Bonchev–Trinajstić information content (AvgIpc) is 3.46. The largest absolute Gasteiger partial charge is 0.395 e. The molecule has 3 aromatic rings. The Bertz CT molecular complexity index is 1180. The topological polar surface area (TPSA) is 107 Å². The Kier molecular flexibility index (Phi) is 8.47. The number of pyridine rings is 1. The smallest absolute Gasteiger partial charge is 0.258 e. The van der Waals surface area contributed by atoms with Gasteiger partial charge in [0.25, 0.3) is 5.91 Å². The molecular formula is C27H35N7O2S. The third-order valence-corrected chi connectivity index (χ3v) is 7.80. The summed E-state index contributed by atoms with van der Waals surface area (Å²) in [6.07, 6.45) is 10.7. The quantitative estimate of drug-likeness (QED) is 0.281. The SMILES string of the molecule is O=C1Nc2ccc(-n3cccn3)c(n2)NCCCCCC2CCN(CC2)c2cc(NSCCO)ccc21. The predicted molar refractivity (Wildman–Crippen MR) is 151 cm³/mol. The van der Waals surface area contributed by atoms with Gasteiger partial charge in [0.1, 0.15) is 11.5 Å². The van der Waals surface area contributed by atoms with Gasteiger partial charge in [0.2, 0.25) is 0 Å². The Morgan fingerprint density at radius 1 is 1.08 bits per heavy atom. The van der Waals surface area contributed by atoms with Crippen LogP contribution in [0.25, 0.3) is 5.69 Å². The number of piperidine rings is 1. The minimum Gasteiger partial charge on any atom is -0.395 e. The Morgan fingerprint density at radius 2 is 1.97 bits per heavy atom. The lowest BCUT2D eigenvalue weighted by Crippen LogP contribution is -2.35. The van der Waals surface area contributed by atoms with E-state index in [9.17, 15) is 4.79 Å². The summed E-state index contributed by atoms with van der Waals surface area (Å²) in [4.78, 5) is 20.6. The molecule has 1 aromatic carbocycles. The van der Waals surface area contributed by atoms with Crippen LogP contribution in [0.4, 0.5) is 23.0 Å². The van der Waals surface area contributed by atoms with Gasteiger partial charge in [-0.3, -0.25) is 4.79 Å². The van der Waals surface area contributed by atoms with Gasteiger partial charge in [-0.1, -0.05) is 31.2 Å². The van der Waals surface area contributed by atoms with Crippen molar-refractivity contribution >= 4 is 40.9 Å². The van der Waals surface area contributed by atoms with Gasteiger partial charge in [-0.25, -0.2) is 9.67 Å². The molecule has 5 heterocycles. The molecule has 1 saturated heterocycles. The first-order valence-corrected chi connectivity index (χ1v) is 14.1. The highest BCUT2D eigenvalue weighted by Crippen LogP contribution is 2.32. The number of rotatable bonds is 5. The van der Waals surface area contributed by atoms with Crippen molar-refractivity contribution in [1.29, 1.82) is 0 Å². The van der Waals surface area contributed by atoms with Crippen LogP contribution in [0.3, 0.4) is 0 Å². The highest BCUT2D eigenvalue weighted by molar-refractivity contribution is 8.00. The van der Waals surface area contributed by atoms with E-state index in [0.717, 1.165) is 61.9 Å². The normalized spacial score (nSPS) is 17.0. The van der Waals surface area contributed by atoms with Crippen LogP contribution in [-0.4, -0.2) is 57.8 Å². The Morgan fingerprint density at radius 3 is 2.78 bits per heavy atom. The van der Waals surface area contributed by atoms with E-state index in [2.05, 4.69) is 31.4 Å². The molecule has 2 aromatic heterocycles. The molecule has 6 rings (SSSR count). The zero-order valence-electron chi connectivity index (χ0n) is 21.0. The average molecular weight is 522 g/mol. The molecule has 3 aliphatic heterocycles. The molecule has 1 fully saturated rings. The van der Waals surface area contributed by atoms with E-state index >= 15 is 0 Å². The first-order valence-electron chi connectivity index (χ1n) is 13.2. The van der Waals surface area contributed by atoms with Crippen molar-refractivity contribution in [3.05, 3.63) is 54.4 Å². The molecule has 3 aliphatic rings. The highest BCUT2D eigenvalue weighted by Gasteiger charge is 2.24. The molecule has 0 radical (unpaired) electrons. The van der Waals surface area contributed by atoms with Crippen molar-refractivity contribution in [3.63, 3.8) is 0 Å². The fourth-order valence-electron chi connectivity index (χ4n) is 5.06. The van der Waals surface area contributed by atoms with Crippen LogP contribution in [0.5, 0.6) is 0 Å². The second-order valence-electron chi connectivity index (χ2n) is 9.58. The van der Waals surface area contributed by atoms with E-state index in [1.807, 2.05) is 36.5 Å². The fraction of sp³-hybridized carbons (Fsp3) is 0.444. The number of hydrogen-bond acceptors (Lipinski definition) is 8. The van der Waals surface area contributed by atoms with Crippen molar-refractivity contribution in [1.82, 2.24) is 14.8 Å². The minimum absolute atomic E-state index is 0.113. The highest BCUT2D eigenvalue weighted by atomic mass is 32.2. The fourth-order valence-corrected chi connectivity index (χ4v) is 5.55. The van der Waals surface area contributed by atoms with E-state index in [0.29, 0.717) is 23.0 Å². The number of nitrogens with zero attached hydrogens (tertiary/aromatic N) is 4. The predicted octanol–water partition coefficient (Wildman–Crippen LogP) is 4.77. The number of anilines is 4. The Labute approximate surface area is 222 Å². The molecule has 0 unspecified atom stereocenters. The van der Waals surface area contributed by atoms with Crippen LogP contribution in [0.1, 0.15) is 48.9 Å². The third kappa shape index (κ3) is 6.37. The number of aliphatic hydroxyl groups is 1. The second kappa shape index (κ2) is 12.3. The summed E-state index contributed by atoms with van der Waals surface area (Å²) >= 11 is 1.46. The zero-order chi connectivity index (χ0) is 25.5. The van der Waals surface area contributed by atoms with Gasteiger partial charge in [-0.15, -0.1) is 0 Å². The van der Waals surface area contributed by atoms with E-state index < -0.39 is 0 Å². The molecule has 0 spiro atoms. The number of fused-ring (bicyclic) bond motifs is 8. The van der Waals surface area contributed by atoms with Gasteiger partial charge in [0, 0.05) is 43.5 Å². The molecule has 4 bridgehead atoms. The Balaban J connectivity index is 1.46. The summed E-state index contributed by atoms with van der Waals surface area (Å²) in [5.41, 5.74) is 3.34. The summed E-state index contributed by atoms with van der Waals surface area (Å²) in [6.45, 7) is 2.83. The molecule has 0 saturated carbocycles. The lowest BCUT2D eigenvalue weighted by Gasteiger charge is -2.35. The minimum atomic E-state index is -0.179. The van der Waals surface area contributed by atoms with Crippen LogP contribution in [0.15, 0.2) is 48.8 Å². The molecule has 1 amide bonds. The second-order valence-corrected chi connectivity index (χ2v) is 10.5. The lowest BCUT2D eigenvalue weighted by molar-refractivity contribution is 0.102. The van der Waals surface area contributed by atoms with E-state index in [-0.39, 0.29) is 12.5 Å². The first kappa shape index (κ1) is 25.4. The van der Waals surface area contributed by atoms with Gasteiger partial charge in [-0.2, -0.15) is 5.10 Å². The van der Waals surface area contributed by atoms with Gasteiger partial charge >= 0.3 is 0 Å². The number of aromatic nitrogens is 3. The molecule has 37 heavy (non-hydrogen) atoms. The maximum absolute atomic E-state index is 13.5. The van der Waals surface area contributed by atoms with Gasteiger partial charge < -0.3 is 25.4 Å². The van der Waals surface area contributed by atoms with Crippen LogP contribution in [0, 0.1) is 5.92 Å². The van der Waals surface area contributed by atoms with Crippen LogP contribution < -0.4 is 20.3 Å². The number of benzene rings is 1. The molecular weight excluding hydrogens is 486 g/mol. The number of aliphatic hydroxyl groups excluding tert-OH is 1. The number of hydrogen-bond donors (Lipinski definition) is 4. The van der Waals surface area contributed by atoms with E-state index in [4.69, 9.17) is 10.1 Å². The molecule has 4 N–H and O–H groups in total. The monoisotopic (exact) mass is 521 g/mol. The lowest BCUT2D eigenvalue weighted by atomic mass is 9.90. The van der Waals surface area contributed by atoms with Gasteiger partial charge in [0.05, 0.1) is 17.9 Å². The number of nitrogens with one attached hydrogen (secondary N) is 3. The van der Waals surface area contributed by atoms with E-state index in [1.165, 1.54) is 31.2 Å². The maximum Gasteiger partial charge on any atom is 0.258 e. The summed E-state index contributed by atoms with van der Waals surface area (Å²) in [5.74, 6) is 2.36. The van der Waals surface area contributed by atoms with Gasteiger partial charge in [-0.05, 0) is 61.6 Å². The molecule has 10 heteroatoms. The summed E-state index contributed by atoms with van der Waals surface area (Å²) in [7, 11) is 0. The van der Waals surface area contributed by atoms with Crippen molar-refractivity contribution in [2.24, 2.45) is 5.92 Å². The van der Waals surface area contributed by atoms with Crippen LogP contribution >= 0.6 is 11.9 Å². The van der Waals surface area contributed by atoms with Crippen molar-refractivity contribution in [3.8, 4) is 5.69 Å². The summed E-state index contributed by atoms with van der Waals surface area (Å²) in [6, 6.07) is 11.5. The number of carbonyl (C=O) groups is 1. The first-order chi connectivity index (χ1) is 18.2. The van der Waals surface area contributed by atoms with E-state index in [1.54, 1.807) is 10.9 Å². The third-order valence-electron chi connectivity index (χ3n) is 7.03. The number of carbonyl (C=O) groups excluding carboxylic acids is 1. The molecule has 9 nitrogen and oxygen atoms in total. The maximum atomic E-state index is 13.5. The Hall–Kier alpha value is -3.24.